The van der Waals surface area contributed by atoms with Crippen molar-refractivity contribution in [3.63, 3.8) is 0 Å². The van der Waals surface area contributed by atoms with Gasteiger partial charge in [-0.15, -0.1) is 0 Å². The molecular weight excluding hydrogens is 260 g/mol. The minimum Gasteiger partial charge on any atom is -0.378 e. The molecule has 0 unspecified atom stereocenters. The second-order valence-corrected chi connectivity index (χ2v) is 7.04. The van der Waals surface area contributed by atoms with Gasteiger partial charge >= 0.3 is 0 Å². The van der Waals surface area contributed by atoms with Crippen molar-refractivity contribution in [1.82, 2.24) is 5.32 Å². The molecule has 2 saturated carbocycles. The Labute approximate surface area is 127 Å². The number of nitrogens with one attached hydrogen (secondary N) is 1. The lowest BCUT2D eigenvalue weighted by Gasteiger charge is -2.28. The van der Waals surface area contributed by atoms with E-state index in [1.807, 2.05) is 43.3 Å². The highest BCUT2D eigenvalue weighted by molar-refractivity contribution is 5.94. The Bertz CT molecular complexity index is 508. The van der Waals surface area contributed by atoms with Crippen molar-refractivity contribution in [2.45, 2.75) is 38.6 Å². The normalized spacial score (nSPS) is 28.4. The van der Waals surface area contributed by atoms with Crippen molar-refractivity contribution in [3.8, 4) is 0 Å². The molecule has 3 rings (SSSR count). The van der Waals surface area contributed by atoms with Gasteiger partial charge in [0, 0.05) is 31.4 Å². The summed E-state index contributed by atoms with van der Waals surface area (Å²) in [5.74, 6) is 2.53. The third-order valence-corrected chi connectivity index (χ3v) is 5.44. The first-order valence-corrected chi connectivity index (χ1v) is 8.13. The molecular formula is C18H26N2O. The van der Waals surface area contributed by atoms with Crippen LogP contribution in [0.4, 0.5) is 5.69 Å². The summed E-state index contributed by atoms with van der Waals surface area (Å²) in [4.78, 5) is 14.4. The molecule has 2 bridgehead atoms. The smallest absolute Gasteiger partial charge is 0.251 e. The number of nitrogens with zero attached hydrogens (tertiary/aromatic N) is 1. The summed E-state index contributed by atoms with van der Waals surface area (Å²) in [6.07, 6.45) is 5.48. The second-order valence-electron chi connectivity index (χ2n) is 7.04. The molecule has 1 N–H and O–H groups in total. The van der Waals surface area contributed by atoms with Crippen LogP contribution in [0.1, 0.15) is 43.0 Å². The largest absolute Gasteiger partial charge is 0.378 e. The van der Waals surface area contributed by atoms with E-state index in [2.05, 4.69) is 12.2 Å². The van der Waals surface area contributed by atoms with Crippen molar-refractivity contribution in [3.05, 3.63) is 29.8 Å². The first-order chi connectivity index (χ1) is 10.0. The molecule has 0 heterocycles. The fourth-order valence-corrected chi connectivity index (χ4v) is 4.21. The zero-order valence-corrected chi connectivity index (χ0v) is 13.3. The van der Waals surface area contributed by atoms with Crippen LogP contribution in [-0.2, 0) is 0 Å². The van der Waals surface area contributed by atoms with Crippen LogP contribution < -0.4 is 10.2 Å². The highest BCUT2D eigenvalue weighted by Crippen LogP contribution is 2.49. The van der Waals surface area contributed by atoms with Gasteiger partial charge < -0.3 is 10.2 Å². The van der Waals surface area contributed by atoms with Crippen molar-refractivity contribution < 1.29 is 4.79 Å². The molecule has 2 fully saturated rings. The molecule has 0 aliphatic heterocycles. The van der Waals surface area contributed by atoms with Gasteiger partial charge in [-0.1, -0.05) is 6.42 Å². The van der Waals surface area contributed by atoms with E-state index in [0.717, 1.165) is 23.1 Å². The highest BCUT2D eigenvalue weighted by atomic mass is 16.1. The number of carbonyl (C=O) groups is 1. The maximum absolute atomic E-state index is 12.4. The topological polar surface area (TPSA) is 32.3 Å². The fraction of sp³-hybridized carbons (Fsp3) is 0.611. The van der Waals surface area contributed by atoms with Gasteiger partial charge in [-0.2, -0.15) is 0 Å². The van der Waals surface area contributed by atoms with Crippen molar-refractivity contribution >= 4 is 11.6 Å². The number of hydrogen-bond acceptors (Lipinski definition) is 2. The van der Waals surface area contributed by atoms with E-state index in [1.54, 1.807) is 0 Å². The maximum Gasteiger partial charge on any atom is 0.251 e. The maximum atomic E-state index is 12.4. The number of anilines is 1. The van der Waals surface area contributed by atoms with Gasteiger partial charge in [-0.25, -0.2) is 0 Å². The van der Waals surface area contributed by atoms with Gasteiger partial charge in [0.15, 0.2) is 0 Å². The summed E-state index contributed by atoms with van der Waals surface area (Å²) >= 11 is 0. The van der Waals surface area contributed by atoms with E-state index in [-0.39, 0.29) is 5.91 Å². The molecule has 0 radical (unpaired) electrons. The van der Waals surface area contributed by atoms with Crippen LogP contribution in [0, 0.1) is 17.8 Å². The summed E-state index contributed by atoms with van der Waals surface area (Å²) < 4.78 is 0. The fourth-order valence-electron chi connectivity index (χ4n) is 4.21. The molecule has 1 amide bonds. The lowest BCUT2D eigenvalue weighted by atomic mass is 9.84. The summed E-state index contributed by atoms with van der Waals surface area (Å²) in [7, 11) is 4.01. The summed E-state index contributed by atoms with van der Waals surface area (Å²) in [6, 6.07) is 8.12. The highest BCUT2D eigenvalue weighted by Gasteiger charge is 2.42. The van der Waals surface area contributed by atoms with Gasteiger partial charge in [0.05, 0.1) is 0 Å². The summed E-state index contributed by atoms with van der Waals surface area (Å²) in [6.45, 7) is 2.18. The molecule has 2 aliphatic rings. The number of carbonyl (C=O) groups excluding carboxylic acids is 1. The van der Waals surface area contributed by atoms with E-state index in [9.17, 15) is 4.79 Å². The lowest BCUT2D eigenvalue weighted by Crippen LogP contribution is -2.40. The first kappa shape index (κ1) is 14.4. The van der Waals surface area contributed by atoms with Crippen LogP contribution in [-0.4, -0.2) is 26.0 Å². The van der Waals surface area contributed by atoms with E-state index in [4.69, 9.17) is 0 Å². The van der Waals surface area contributed by atoms with Crippen molar-refractivity contribution in [2.75, 3.05) is 19.0 Å². The summed E-state index contributed by atoms with van der Waals surface area (Å²) in [5, 5.41) is 3.22. The van der Waals surface area contributed by atoms with E-state index >= 15 is 0 Å². The first-order valence-electron chi connectivity index (χ1n) is 8.13. The van der Waals surface area contributed by atoms with Gasteiger partial charge in [-0.05, 0) is 68.2 Å². The average Bonchev–Trinajstić information content (AvgIpc) is 3.10. The van der Waals surface area contributed by atoms with E-state index < -0.39 is 0 Å². The van der Waals surface area contributed by atoms with Crippen molar-refractivity contribution in [2.24, 2.45) is 17.8 Å². The molecule has 1 aromatic rings. The Kier molecular flexibility index (Phi) is 3.92. The average molecular weight is 286 g/mol. The monoisotopic (exact) mass is 286 g/mol. The van der Waals surface area contributed by atoms with Crippen LogP contribution in [0.15, 0.2) is 24.3 Å². The molecule has 0 spiro atoms. The minimum atomic E-state index is 0.0654. The molecule has 2 aliphatic carbocycles. The molecule has 4 atom stereocenters. The number of fused-ring (bicyclic) bond motifs is 2. The standard InChI is InChI=1S/C18H26N2O/c1-12(17-11-13-4-5-15(17)10-13)19-18(21)14-6-8-16(9-7-14)20(2)3/h6-9,12-13,15,17H,4-5,10-11H2,1-3H3,(H,19,21)/t12-,13-,15+,17-/m1/s1. The van der Waals surface area contributed by atoms with Gasteiger partial charge in [0.2, 0.25) is 0 Å². The predicted octanol–water partition coefficient (Wildman–Crippen LogP) is 3.31. The van der Waals surface area contributed by atoms with E-state index in [1.165, 1.54) is 25.7 Å². The van der Waals surface area contributed by atoms with Crippen LogP contribution in [0.25, 0.3) is 0 Å². The number of hydrogen-bond donors (Lipinski definition) is 1. The predicted molar refractivity (Wildman–Crippen MR) is 86.6 cm³/mol. The van der Waals surface area contributed by atoms with Crippen LogP contribution >= 0.6 is 0 Å². The van der Waals surface area contributed by atoms with Crippen LogP contribution in [0.3, 0.4) is 0 Å². The van der Waals surface area contributed by atoms with Crippen LogP contribution in [0.5, 0.6) is 0 Å². The Morgan fingerprint density at radius 3 is 2.43 bits per heavy atom. The zero-order valence-electron chi connectivity index (χ0n) is 13.3. The number of rotatable bonds is 4. The molecule has 0 saturated heterocycles. The SMILES string of the molecule is C[C@@H](NC(=O)c1ccc(N(C)C)cc1)[C@H]1C[C@@H]2CC[C@H]1C2. The Morgan fingerprint density at radius 2 is 1.90 bits per heavy atom. The zero-order chi connectivity index (χ0) is 15.0. The third kappa shape index (κ3) is 2.92. The Balaban J connectivity index is 1.60. The molecule has 0 aromatic heterocycles. The number of amides is 1. The van der Waals surface area contributed by atoms with Gasteiger partial charge in [-0.3, -0.25) is 4.79 Å². The molecule has 114 valence electrons. The second kappa shape index (κ2) is 5.70. The lowest BCUT2D eigenvalue weighted by molar-refractivity contribution is 0.0915. The molecule has 21 heavy (non-hydrogen) atoms. The van der Waals surface area contributed by atoms with Gasteiger partial charge in [0.25, 0.3) is 5.91 Å². The summed E-state index contributed by atoms with van der Waals surface area (Å²) in [5.41, 5.74) is 1.88. The minimum absolute atomic E-state index is 0.0654. The van der Waals surface area contributed by atoms with Gasteiger partial charge in [0.1, 0.15) is 0 Å². The molecule has 1 aromatic carbocycles. The Hall–Kier alpha value is -1.51. The molecule has 3 heteroatoms. The third-order valence-electron chi connectivity index (χ3n) is 5.44. The van der Waals surface area contributed by atoms with Crippen LogP contribution in [0.2, 0.25) is 0 Å². The quantitative estimate of drug-likeness (QED) is 0.921. The number of benzene rings is 1. The van der Waals surface area contributed by atoms with Crippen molar-refractivity contribution in [1.29, 1.82) is 0 Å². The Morgan fingerprint density at radius 1 is 1.19 bits per heavy atom. The molecule has 3 nitrogen and oxygen atoms in total. The van der Waals surface area contributed by atoms with E-state index in [0.29, 0.717) is 12.0 Å².